The molecule has 0 spiro atoms. The number of rotatable bonds is 2. The van der Waals surface area contributed by atoms with Crippen LogP contribution in [0.5, 0.6) is 0 Å². The fourth-order valence-electron chi connectivity index (χ4n) is 6.25. The molecule has 2 nitrogen and oxygen atoms in total. The zero-order valence-corrected chi connectivity index (χ0v) is 22.2. The average Bonchev–Trinajstić information content (AvgIpc) is 3.33. The van der Waals surface area contributed by atoms with Crippen molar-refractivity contribution in [3.63, 3.8) is 0 Å². The molecule has 0 N–H and O–H groups in total. The van der Waals surface area contributed by atoms with Crippen LogP contribution in [0.2, 0.25) is 0 Å². The summed E-state index contributed by atoms with van der Waals surface area (Å²) in [6.45, 7) is 4.49. The fraction of sp³-hybridized carbons (Fsp3) is 0.0588. The largest absolute Gasteiger partial charge is 0.311 e. The maximum absolute atomic E-state index is 2.50. The van der Waals surface area contributed by atoms with Crippen molar-refractivity contribution < 1.29 is 0 Å². The standard InChI is InChI=1S/C34H25BN2S/c1-22-14-18-24(19-15-22)36-28-10-5-4-9-27(28)35-32-29(36)11-7-12-30(32)37(25-20-16-23(2)17-21-25)33-26-8-3-6-13-31(26)38-34(33)35/h3-21H,1-2H3. The Bertz CT molecular complexity index is 1850. The minimum Gasteiger partial charge on any atom is -0.311 e. The number of anilines is 6. The first-order valence-electron chi connectivity index (χ1n) is 13.2. The molecule has 0 atom stereocenters. The van der Waals surface area contributed by atoms with Crippen LogP contribution in [0.1, 0.15) is 11.1 Å². The predicted octanol–water partition coefficient (Wildman–Crippen LogP) is 7.60. The van der Waals surface area contributed by atoms with Crippen LogP contribution in [0.4, 0.5) is 34.1 Å². The molecular weight excluding hydrogens is 479 g/mol. The summed E-state index contributed by atoms with van der Waals surface area (Å²) in [6.07, 6.45) is 0. The summed E-state index contributed by atoms with van der Waals surface area (Å²) in [6, 6.07) is 42.6. The third kappa shape index (κ3) is 3.01. The van der Waals surface area contributed by atoms with Crippen LogP contribution < -0.4 is 25.5 Å². The van der Waals surface area contributed by atoms with Crippen LogP contribution >= 0.6 is 11.3 Å². The molecule has 0 fully saturated rings. The summed E-state index contributed by atoms with van der Waals surface area (Å²) in [5.41, 5.74) is 12.8. The SMILES string of the molecule is Cc1ccc(N2c3ccccc3B3c4sc5ccccc5c4N(c4ccc(C)cc4)c4cccc2c43)cc1. The Morgan fingerprint density at radius 1 is 0.553 bits per heavy atom. The van der Waals surface area contributed by atoms with Gasteiger partial charge < -0.3 is 9.80 Å². The number of hydrogen-bond donors (Lipinski definition) is 0. The Labute approximate surface area is 227 Å². The minimum atomic E-state index is 0.188. The quantitative estimate of drug-likeness (QED) is 0.224. The molecule has 38 heavy (non-hydrogen) atoms. The van der Waals surface area contributed by atoms with Gasteiger partial charge >= 0.3 is 0 Å². The van der Waals surface area contributed by atoms with Crippen LogP contribution in [0, 0.1) is 13.8 Å². The molecule has 180 valence electrons. The van der Waals surface area contributed by atoms with E-state index in [1.807, 2.05) is 11.3 Å². The van der Waals surface area contributed by atoms with E-state index in [-0.39, 0.29) is 6.71 Å². The van der Waals surface area contributed by atoms with Crippen molar-refractivity contribution in [2.45, 2.75) is 13.8 Å². The number of aryl methyl sites for hydroxylation is 2. The van der Waals surface area contributed by atoms with Crippen molar-refractivity contribution in [1.82, 2.24) is 0 Å². The van der Waals surface area contributed by atoms with Gasteiger partial charge in [-0.1, -0.05) is 77.9 Å². The second-order valence-corrected chi connectivity index (χ2v) is 11.4. The first-order valence-corrected chi connectivity index (χ1v) is 14.0. The summed E-state index contributed by atoms with van der Waals surface area (Å²) in [4.78, 5) is 4.96. The molecule has 0 bridgehead atoms. The molecule has 0 amide bonds. The third-order valence-electron chi connectivity index (χ3n) is 7.98. The molecule has 5 aromatic carbocycles. The Morgan fingerprint density at radius 3 is 1.87 bits per heavy atom. The summed E-state index contributed by atoms with van der Waals surface area (Å²) < 4.78 is 2.75. The number of hydrogen-bond acceptors (Lipinski definition) is 3. The van der Waals surface area contributed by atoms with Gasteiger partial charge in [0.15, 0.2) is 0 Å². The topological polar surface area (TPSA) is 6.48 Å². The highest BCUT2D eigenvalue weighted by Gasteiger charge is 2.44. The van der Waals surface area contributed by atoms with Crippen LogP contribution in [0.25, 0.3) is 10.1 Å². The molecule has 0 saturated carbocycles. The van der Waals surface area contributed by atoms with Crippen LogP contribution in [0.3, 0.4) is 0 Å². The van der Waals surface area contributed by atoms with Crippen molar-refractivity contribution in [2.75, 3.05) is 9.80 Å². The molecule has 8 rings (SSSR count). The van der Waals surface area contributed by atoms with E-state index in [0.29, 0.717) is 0 Å². The molecule has 0 unspecified atom stereocenters. The Balaban J connectivity index is 1.48. The molecule has 6 aromatic rings. The van der Waals surface area contributed by atoms with Gasteiger partial charge in [-0.25, -0.2) is 0 Å². The van der Waals surface area contributed by atoms with Crippen molar-refractivity contribution in [3.8, 4) is 0 Å². The maximum atomic E-state index is 2.50. The van der Waals surface area contributed by atoms with Crippen LogP contribution in [-0.4, -0.2) is 6.71 Å². The molecule has 1 aromatic heterocycles. The zero-order chi connectivity index (χ0) is 25.4. The Morgan fingerprint density at radius 2 is 1.13 bits per heavy atom. The number of para-hydroxylation sites is 1. The average molecular weight is 504 g/mol. The van der Waals surface area contributed by atoms with E-state index in [1.54, 1.807) is 0 Å². The number of benzene rings is 5. The Hall–Kier alpha value is -4.28. The van der Waals surface area contributed by atoms with E-state index in [1.165, 1.54) is 71.0 Å². The van der Waals surface area contributed by atoms with E-state index in [4.69, 9.17) is 0 Å². The molecular formula is C34H25BN2S. The number of fused-ring (bicyclic) bond motifs is 6. The molecule has 2 aliphatic rings. The number of thiophene rings is 1. The van der Waals surface area contributed by atoms with Gasteiger partial charge in [0.2, 0.25) is 0 Å². The lowest BCUT2D eigenvalue weighted by Crippen LogP contribution is -2.60. The minimum absolute atomic E-state index is 0.188. The van der Waals surface area contributed by atoms with Gasteiger partial charge in [-0.2, -0.15) is 0 Å². The Kier molecular flexibility index (Phi) is 4.65. The van der Waals surface area contributed by atoms with Crippen molar-refractivity contribution in [1.29, 1.82) is 0 Å². The second-order valence-electron chi connectivity index (χ2n) is 10.4. The highest BCUT2D eigenvalue weighted by atomic mass is 32.1. The summed E-state index contributed by atoms with van der Waals surface area (Å²) in [5.74, 6) is 0. The van der Waals surface area contributed by atoms with Gasteiger partial charge in [-0.15, -0.1) is 11.3 Å². The van der Waals surface area contributed by atoms with Gasteiger partial charge in [0.25, 0.3) is 6.71 Å². The monoisotopic (exact) mass is 504 g/mol. The first kappa shape index (κ1) is 21.8. The normalized spacial score (nSPS) is 13.4. The lowest BCUT2D eigenvalue weighted by Gasteiger charge is -2.43. The van der Waals surface area contributed by atoms with Gasteiger partial charge in [-0.3, -0.25) is 0 Å². The molecule has 4 heteroatoms. The fourth-order valence-corrected chi connectivity index (χ4v) is 7.57. The van der Waals surface area contributed by atoms with E-state index >= 15 is 0 Å². The zero-order valence-electron chi connectivity index (χ0n) is 21.3. The predicted molar refractivity (Wildman–Crippen MR) is 165 cm³/mol. The van der Waals surface area contributed by atoms with Gasteiger partial charge in [0, 0.05) is 43.3 Å². The molecule has 0 radical (unpaired) electrons. The van der Waals surface area contributed by atoms with Crippen molar-refractivity contribution >= 4 is 78.0 Å². The van der Waals surface area contributed by atoms with E-state index in [2.05, 4.69) is 139 Å². The van der Waals surface area contributed by atoms with Gasteiger partial charge in [0.1, 0.15) is 0 Å². The van der Waals surface area contributed by atoms with E-state index in [0.717, 1.165) is 0 Å². The van der Waals surface area contributed by atoms with Crippen LogP contribution in [0.15, 0.2) is 115 Å². The smallest absolute Gasteiger partial charge is 0.264 e. The summed E-state index contributed by atoms with van der Waals surface area (Å²) in [5, 5.41) is 1.32. The van der Waals surface area contributed by atoms with Gasteiger partial charge in [-0.05, 0) is 73.3 Å². The summed E-state index contributed by atoms with van der Waals surface area (Å²) in [7, 11) is 0. The van der Waals surface area contributed by atoms with E-state index in [9.17, 15) is 0 Å². The van der Waals surface area contributed by atoms with Crippen molar-refractivity contribution in [3.05, 3.63) is 126 Å². The molecule has 0 aliphatic carbocycles. The lowest BCUT2D eigenvalue weighted by molar-refractivity contribution is 1.26. The molecule has 3 heterocycles. The van der Waals surface area contributed by atoms with E-state index < -0.39 is 0 Å². The summed E-state index contributed by atoms with van der Waals surface area (Å²) >= 11 is 1.94. The lowest BCUT2D eigenvalue weighted by atomic mass is 9.36. The second kappa shape index (κ2) is 8.11. The van der Waals surface area contributed by atoms with Gasteiger partial charge in [0.05, 0.1) is 5.69 Å². The third-order valence-corrected chi connectivity index (χ3v) is 9.21. The molecule has 0 saturated heterocycles. The number of nitrogens with zero attached hydrogens (tertiary/aromatic N) is 2. The first-order chi connectivity index (χ1) is 18.7. The van der Waals surface area contributed by atoms with Crippen LogP contribution in [-0.2, 0) is 0 Å². The maximum Gasteiger partial charge on any atom is 0.264 e. The highest BCUT2D eigenvalue weighted by molar-refractivity contribution is 7.33. The van der Waals surface area contributed by atoms with Crippen molar-refractivity contribution in [2.24, 2.45) is 0 Å². The highest BCUT2D eigenvalue weighted by Crippen LogP contribution is 2.47. The molecule has 2 aliphatic heterocycles.